The average molecular weight is 901 g/mol. The lowest BCUT2D eigenvalue weighted by Gasteiger charge is -2.18. The lowest BCUT2D eigenvalue weighted by Crippen LogP contribution is -2.30. The van der Waals surface area contributed by atoms with Crippen molar-refractivity contribution in [3.63, 3.8) is 0 Å². The number of hydrogen-bond donors (Lipinski definition) is 0. The van der Waals surface area contributed by atoms with Crippen LogP contribution in [0.25, 0.3) is 0 Å². The molecular weight excluding hydrogens is 793 g/mol. The van der Waals surface area contributed by atoms with Crippen LogP contribution in [0.5, 0.6) is 0 Å². The number of allylic oxidation sites excluding steroid dienone is 4. The largest absolute Gasteiger partial charge is 0.462 e. The van der Waals surface area contributed by atoms with E-state index >= 15 is 0 Å². The highest BCUT2D eigenvalue weighted by Gasteiger charge is 2.19. The molecule has 0 aliphatic carbocycles. The lowest BCUT2D eigenvalue weighted by molar-refractivity contribution is -0.167. The van der Waals surface area contributed by atoms with Crippen LogP contribution in [0, 0.1) is 0 Å². The van der Waals surface area contributed by atoms with Crippen molar-refractivity contribution in [2.24, 2.45) is 0 Å². The molecule has 1 atom stereocenters. The number of rotatable bonds is 52. The van der Waals surface area contributed by atoms with E-state index in [1.807, 2.05) is 0 Å². The van der Waals surface area contributed by atoms with Crippen molar-refractivity contribution in [3.05, 3.63) is 24.3 Å². The number of carbonyl (C=O) groups excluding carboxylic acids is 3. The maximum atomic E-state index is 12.8. The van der Waals surface area contributed by atoms with E-state index in [1.165, 1.54) is 205 Å². The summed E-state index contributed by atoms with van der Waals surface area (Å²) in [5.74, 6) is -0.866. The normalized spacial score (nSPS) is 12.1. The van der Waals surface area contributed by atoms with Crippen molar-refractivity contribution in [2.75, 3.05) is 13.2 Å². The molecule has 0 bridgehead atoms. The summed E-state index contributed by atoms with van der Waals surface area (Å²) in [6.45, 7) is 6.66. The summed E-state index contributed by atoms with van der Waals surface area (Å²) in [6.07, 6.45) is 61.6. The number of unbranched alkanes of at least 4 members (excludes halogenated alkanes) is 37. The standard InChI is InChI=1S/C58H108O6/c1-4-7-10-13-16-19-22-25-28-29-31-33-36-39-42-45-48-51-57(60)63-54-55(53-62-56(59)50-47-44-41-38-35-32-27-24-21-18-15-12-9-6-3)64-58(61)52-49-46-43-40-37-34-30-26-23-20-17-14-11-8-5-2/h24-25,27-28,55H,4-23,26,29-54H2,1-3H3/b27-24-,28-25-. The molecule has 1 unspecified atom stereocenters. The van der Waals surface area contributed by atoms with Crippen molar-refractivity contribution in [1.82, 2.24) is 0 Å². The summed E-state index contributed by atoms with van der Waals surface area (Å²) in [4.78, 5) is 38.1. The minimum absolute atomic E-state index is 0.0720. The van der Waals surface area contributed by atoms with Crippen LogP contribution in [0.2, 0.25) is 0 Å². The van der Waals surface area contributed by atoms with Crippen molar-refractivity contribution in [2.45, 2.75) is 316 Å². The topological polar surface area (TPSA) is 78.9 Å². The number of esters is 3. The Hall–Kier alpha value is -2.11. The highest BCUT2D eigenvalue weighted by atomic mass is 16.6. The molecule has 0 rings (SSSR count). The molecule has 0 aromatic heterocycles. The van der Waals surface area contributed by atoms with E-state index in [4.69, 9.17) is 14.2 Å². The van der Waals surface area contributed by atoms with E-state index in [-0.39, 0.29) is 31.1 Å². The van der Waals surface area contributed by atoms with E-state index in [1.54, 1.807) is 0 Å². The van der Waals surface area contributed by atoms with Crippen LogP contribution in [-0.4, -0.2) is 37.2 Å². The van der Waals surface area contributed by atoms with Crippen LogP contribution in [0.3, 0.4) is 0 Å². The van der Waals surface area contributed by atoms with Gasteiger partial charge in [0, 0.05) is 19.3 Å². The fourth-order valence-corrected chi connectivity index (χ4v) is 8.37. The van der Waals surface area contributed by atoms with E-state index in [0.29, 0.717) is 19.3 Å². The molecule has 0 aromatic rings. The summed E-state index contributed by atoms with van der Waals surface area (Å²) in [5, 5.41) is 0. The summed E-state index contributed by atoms with van der Waals surface area (Å²) in [5.41, 5.74) is 0. The zero-order valence-corrected chi connectivity index (χ0v) is 43.1. The molecule has 0 radical (unpaired) electrons. The molecule has 0 saturated carbocycles. The first-order valence-electron chi connectivity index (χ1n) is 28.3. The fourth-order valence-electron chi connectivity index (χ4n) is 8.37. The predicted octanol–water partition coefficient (Wildman–Crippen LogP) is 18.7. The zero-order valence-electron chi connectivity index (χ0n) is 43.1. The average Bonchev–Trinajstić information content (AvgIpc) is 3.29. The van der Waals surface area contributed by atoms with Crippen LogP contribution < -0.4 is 0 Å². The number of hydrogen-bond acceptors (Lipinski definition) is 6. The Morgan fingerprint density at radius 2 is 0.516 bits per heavy atom. The second-order valence-corrected chi connectivity index (χ2v) is 19.2. The summed E-state index contributed by atoms with van der Waals surface area (Å²) >= 11 is 0. The third-order valence-electron chi connectivity index (χ3n) is 12.7. The first-order valence-corrected chi connectivity index (χ1v) is 28.3. The van der Waals surface area contributed by atoms with Gasteiger partial charge < -0.3 is 14.2 Å². The first kappa shape index (κ1) is 61.9. The van der Waals surface area contributed by atoms with Crippen LogP contribution >= 0.6 is 0 Å². The number of carbonyl (C=O) groups is 3. The van der Waals surface area contributed by atoms with Crippen molar-refractivity contribution in [3.8, 4) is 0 Å². The van der Waals surface area contributed by atoms with Gasteiger partial charge in [0.05, 0.1) is 0 Å². The molecule has 0 aromatic carbocycles. The summed E-state index contributed by atoms with van der Waals surface area (Å²) in [7, 11) is 0. The molecule has 0 aliphatic rings. The van der Waals surface area contributed by atoms with E-state index in [2.05, 4.69) is 45.1 Å². The fraction of sp³-hybridized carbons (Fsp3) is 0.879. The van der Waals surface area contributed by atoms with Gasteiger partial charge in [0.15, 0.2) is 6.10 Å². The highest BCUT2D eigenvalue weighted by molar-refractivity contribution is 5.71. The Kier molecular flexibility index (Phi) is 51.7. The van der Waals surface area contributed by atoms with Crippen LogP contribution in [0.1, 0.15) is 310 Å². The maximum Gasteiger partial charge on any atom is 0.306 e. The van der Waals surface area contributed by atoms with Gasteiger partial charge in [0.2, 0.25) is 0 Å². The molecule has 376 valence electrons. The van der Waals surface area contributed by atoms with Gasteiger partial charge in [-0.05, 0) is 70.6 Å². The zero-order chi connectivity index (χ0) is 46.5. The first-order chi connectivity index (χ1) is 31.5. The molecule has 0 N–H and O–H groups in total. The van der Waals surface area contributed by atoms with Crippen molar-refractivity contribution < 1.29 is 28.6 Å². The monoisotopic (exact) mass is 901 g/mol. The van der Waals surface area contributed by atoms with Crippen LogP contribution in [0.15, 0.2) is 24.3 Å². The van der Waals surface area contributed by atoms with E-state index in [9.17, 15) is 14.4 Å². The molecule has 0 fully saturated rings. The molecule has 0 heterocycles. The summed E-state index contributed by atoms with van der Waals surface area (Å²) in [6, 6.07) is 0. The second-order valence-electron chi connectivity index (χ2n) is 19.2. The molecule has 0 amide bonds. The van der Waals surface area contributed by atoms with Gasteiger partial charge in [0.1, 0.15) is 13.2 Å². The Balaban J connectivity index is 4.34. The van der Waals surface area contributed by atoms with Gasteiger partial charge in [-0.25, -0.2) is 0 Å². The SMILES string of the molecule is CCCCCCC/C=C\CCCCCCCC(=O)OCC(COC(=O)CCCCCCCCC/C=C\CCCCCCCC)OC(=O)CCCCCCCCCCCCCCCCC. The molecule has 0 spiro atoms. The molecule has 6 heteroatoms. The third-order valence-corrected chi connectivity index (χ3v) is 12.7. The van der Waals surface area contributed by atoms with Crippen molar-refractivity contribution in [1.29, 1.82) is 0 Å². The van der Waals surface area contributed by atoms with Gasteiger partial charge >= 0.3 is 17.9 Å². The maximum absolute atomic E-state index is 12.8. The van der Waals surface area contributed by atoms with Crippen LogP contribution in [-0.2, 0) is 28.6 Å². The third kappa shape index (κ3) is 50.9. The molecule has 0 saturated heterocycles. The van der Waals surface area contributed by atoms with Gasteiger partial charge in [0.25, 0.3) is 0 Å². The highest BCUT2D eigenvalue weighted by Crippen LogP contribution is 2.16. The lowest BCUT2D eigenvalue weighted by atomic mass is 10.0. The van der Waals surface area contributed by atoms with Crippen LogP contribution in [0.4, 0.5) is 0 Å². The number of ether oxygens (including phenoxy) is 3. The Morgan fingerprint density at radius 1 is 0.297 bits per heavy atom. The molecule has 64 heavy (non-hydrogen) atoms. The Bertz CT molecular complexity index is 1040. The van der Waals surface area contributed by atoms with Gasteiger partial charge in [-0.2, -0.15) is 0 Å². The van der Waals surface area contributed by atoms with Gasteiger partial charge in [-0.1, -0.05) is 244 Å². The minimum atomic E-state index is -0.772. The smallest absolute Gasteiger partial charge is 0.306 e. The quantitative estimate of drug-likeness (QED) is 0.0262. The predicted molar refractivity (Wildman–Crippen MR) is 275 cm³/mol. The Morgan fingerprint density at radius 3 is 0.781 bits per heavy atom. The Labute approximate surface area is 398 Å². The van der Waals surface area contributed by atoms with E-state index < -0.39 is 6.10 Å². The molecule has 0 aliphatic heterocycles. The molecular formula is C58H108O6. The van der Waals surface area contributed by atoms with E-state index in [0.717, 1.165) is 64.2 Å². The minimum Gasteiger partial charge on any atom is -0.462 e. The van der Waals surface area contributed by atoms with Crippen molar-refractivity contribution >= 4 is 17.9 Å². The summed E-state index contributed by atoms with van der Waals surface area (Å²) < 4.78 is 16.9. The van der Waals surface area contributed by atoms with Gasteiger partial charge in [-0.15, -0.1) is 0 Å². The second kappa shape index (κ2) is 53.5. The molecule has 6 nitrogen and oxygen atoms in total. The van der Waals surface area contributed by atoms with Gasteiger partial charge in [-0.3, -0.25) is 14.4 Å².